The van der Waals surface area contributed by atoms with Crippen LogP contribution in [0, 0.1) is 0 Å². The summed E-state index contributed by atoms with van der Waals surface area (Å²) in [6, 6.07) is 0. The molecule has 0 spiro atoms. The van der Waals surface area contributed by atoms with Gasteiger partial charge in [-0.2, -0.15) is 0 Å². The minimum absolute atomic E-state index is 0.258. The van der Waals surface area contributed by atoms with Crippen molar-refractivity contribution < 1.29 is 14.9 Å². The van der Waals surface area contributed by atoms with Gasteiger partial charge in [-0.25, -0.2) is 0 Å². The first-order valence-electron chi connectivity index (χ1n) is 2.82. The molecule has 0 amide bonds. The molecule has 0 aliphatic rings. The molecular weight excluding hydrogens is 120 g/mol. The SMILES string of the molecule is C=CCOCCC(O)O. The predicted molar refractivity (Wildman–Crippen MR) is 33.9 cm³/mol. The van der Waals surface area contributed by atoms with E-state index in [0.29, 0.717) is 13.2 Å². The highest BCUT2D eigenvalue weighted by atomic mass is 16.5. The Morgan fingerprint density at radius 3 is 2.67 bits per heavy atom. The average Bonchev–Trinajstić information content (AvgIpc) is 1.80. The summed E-state index contributed by atoms with van der Waals surface area (Å²) in [5, 5.41) is 16.6. The molecule has 0 saturated carbocycles. The van der Waals surface area contributed by atoms with Gasteiger partial charge in [0.25, 0.3) is 0 Å². The molecule has 0 aromatic rings. The van der Waals surface area contributed by atoms with Crippen LogP contribution in [0.4, 0.5) is 0 Å². The van der Waals surface area contributed by atoms with Crippen LogP contribution in [-0.2, 0) is 4.74 Å². The fraction of sp³-hybridized carbons (Fsp3) is 0.667. The lowest BCUT2D eigenvalue weighted by molar-refractivity contribution is -0.0592. The average molecular weight is 132 g/mol. The van der Waals surface area contributed by atoms with Crippen molar-refractivity contribution >= 4 is 0 Å². The van der Waals surface area contributed by atoms with Crippen LogP contribution in [0.15, 0.2) is 12.7 Å². The summed E-state index contributed by atoms with van der Waals surface area (Å²) in [7, 11) is 0. The van der Waals surface area contributed by atoms with E-state index < -0.39 is 6.29 Å². The number of hydrogen-bond donors (Lipinski definition) is 2. The first-order chi connectivity index (χ1) is 4.27. The van der Waals surface area contributed by atoms with E-state index in [1.54, 1.807) is 6.08 Å². The number of rotatable bonds is 5. The zero-order valence-corrected chi connectivity index (χ0v) is 5.29. The van der Waals surface area contributed by atoms with Crippen molar-refractivity contribution in [3.8, 4) is 0 Å². The van der Waals surface area contributed by atoms with E-state index in [-0.39, 0.29) is 6.42 Å². The minimum atomic E-state index is -1.25. The smallest absolute Gasteiger partial charge is 0.153 e. The second kappa shape index (κ2) is 5.75. The first kappa shape index (κ1) is 8.62. The maximum atomic E-state index is 8.30. The molecule has 0 aliphatic carbocycles. The Kier molecular flexibility index (Phi) is 5.51. The quantitative estimate of drug-likeness (QED) is 0.312. The molecule has 0 bridgehead atoms. The van der Waals surface area contributed by atoms with Gasteiger partial charge in [-0.15, -0.1) is 6.58 Å². The zero-order valence-electron chi connectivity index (χ0n) is 5.29. The van der Waals surface area contributed by atoms with E-state index in [2.05, 4.69) is 6.58 Å². The monoisotopic (exact) mass is 132 g/mol. The fourth-order valence-electron chi connectivity index (χ4n) is 0.355. The van der Waals surface area contributed by atoms with Crippen LogP contribution in [0.1, 0.15) is 6.42 Å². The van der Waals surface area contributed by atoms with Crippen LogP contribution in [0.25, 0.3) is 0 Å². The van der Waals surface area contributed by atoms with Crippen molar-refractivity contribution in [2.45, 2.75) is 12.7 Å². The minimum Gasteiger partial charge on any atom is -0.377 e. The third kappa shape index (κ3) is 7.62. The molecule has 3 heteroatoms. The predicted octanol–water partition coefficient (Wildman–Crippen LogP) is -0.110. The molecule has 54 valence electrons. The lowest BCUT2D eigenvalue weighted by Crippen LogP contribution is -2.08. The summed E-state index contributed by atoms with van der Waals surface area (Å²) in [5.74, 6) is 0. The summed E-state index contributed by atoms with van der Waals surface area (Å²) in [6.45, 7) is 4.26. The van der Waals surface area contributed by atoms with Crippen LogP contribution in [0.3, 0.4) is 0 Å². The zero-order chi connectivity index (χ0) is 7.11. The van der Waals surface area contributed by atoms with Gasteiger partial charge in [0, 0.05) is 6.42 Å². The van der Waals surface area contributed by atoms with Crippen molar-refractivity contribution in [2.24, 2.45) is 0 Å². The standard InChI is InChI=1S/C6H12O3/c1-2-4-9-5-3-6(7)8/h2,6-8H,1,3-5H2. The Labute approximate surface area is 54.6 Å². The molecule has 0 unspecified atom stereocenters. The lowest BCUT2D eigenvalue weighted by atomic mass is 10.4. The van der Waals surface area contributed by atoms with Crippen molar-refractivity contribution in [3.05, 3.63) is 12.7 Å². The van der Waals surface area contributed by atoms with E-state index in [4.69, 9.17) is 14.9 Å². The summed E-state index contributed by atoms with van der Waals surface area (Å²) >= 11 is 0. The van der Waals surface area contributed by atoms with E-state index >= 15 is 0 Å². The molecule has 3 nitrogen and oxygen atoms in total. The van der Waals surface area contributed by atoms with E-state index in [1.807, 2.05) is 0 Å². The van der Waals surface area contributed by atoms with Gasteiger partial charge in [0.2, 0.25) is 0 Å². The van der Waals surface area contributed by atoms with Crippen LogP contribution >= 0.6 is 0 Å². The van der Waals surface area contributed by atoms with Gasteiger partial charge in [0.05, 0.1) is 13.2 Å². The third-order valence-corrected chi connectivity index (χ3v) is 0.756. The molecule has 0 radical (unpaired) electrons. The molecule has 0 aliphatic heterocycles. The van der Waals surface area contributed by atoms with Crippen LogP contribution in [0.2, 0.25) is 0 Å². The Hall–Kier alpha value is -0.380. The van der Waals surface area contributed by atoms with Crippen LogP contribution < -0.4 is 0 Å². The Bertz CT molecular complexity index is 70.7. The molecular formula is C6H12O3. The normalized spacial score (nSPS) is 10.1. The van der Waals surface area contributed by atoms with Gasteiger partial charge in [0.1, 0.15) is 0 Å². The van der Waals surface area contributed by atoms with E-state index in [9.17, 15) is 0 Å². The van der Waals surface area contributed by atoms with Gasteiger partial charge in [-0.3, -0.25) is 0 Å². The van der Waals surface area contributed by atoms with Crippen molar-refractivity contribution in [3.63, 3.8) is 0 Å². The van der Waals surface area contributed by atoms with Crippen LogP contribution in [0.5, 0.6) is 0 Å². The number of aliphatic hydroxyl groups is 2. The van der Waals surface area contributed by atoms with Crippen LogP contribution in [-0.4, -0.2) is 29.7 Å². The maximum absolute atomic E-state index is 8.30. The molecule has 0 aromatic heterocycles. The van der Waals surface area contributed by atoms with Crippen molar-refractivity contribution in [1.29, 1.82) is 0 Å². The summed E-state index contributed by atoms with van der Waals surface area (Å²) in [5.41, 5.74) is 0. The maximum Gasteiger partial charge on any atom is 0.153 e. The highest BCUT2D eigenvalue weighted by Crippen LogP contribution is 1.86. The van der Waals surface area contributed by atoms with Gasteiger partial charge < -0.3 is 14.9 Å². The molecule has 0 fully saturated rings. The first-order valence-corrected chi connectivity index (χ1v) is 2.82. The fourth-order valence-corrected chi connectivity index (χ4v) is 0.355. The Balaban J connectivity index is 2.82. The Morgan fingerprint density at radius 2 is 2.22 bits per heavy atom. The second-order valence-corrected chi connectivity index (χ2v) is 1.63. The van der Waals surface area contributed by atoms with Gasteiger partial charge in [-0.1, -0.05) is 6.08 Å². The highest BCUT2D eigenvalue weighted by molar-refractivity contribution is 4.63. The molecule has 0 aromatic carbocycles. The Morgan fingerprint density at radius 1 is 1.56 bits per heavy atom. The molecule has 0 rings (SSSR count). The number of aliphatic hydroxyl groups excluding tert-OH is 1. The molecule has 9 heavy (non-hydrogen) atoms. The topological polar surface area (TPSA) is 49.7 Å². The molecule has 0 heterocycles. The highest BCUT2D eigenvalue weighted by Gasteiger charge is 1.94. The molecule has 0 saturated heterocycles. The number of ether oxygens (including phenoxy) is 1. The van der Waals surface area contributed by atoms with Crippen molar-refractivity contribution in [1.82, 2.24) is 0 Å². The van der Waals surface area contributed by atoms with Gasteiger partial charge in [-0.05, 0) is 0 Å². The van der Waals surface area contributed by atoms with Gasteiger partial charge in [0.15, 0.2) is 6.29 Å². The largest absolute Gasteiger partial charge is 0.377 e. The second-order valence-electron chi connectivity index (χ2n) is 1.63. The van der Waals surface area contributed by atoms with Crippen molar-refractivity contribution in [2.75, 3.05) is 13.2 Å². The molecule has 0 atom stereocenters. The van der Waals surface area contributed by atoms with E-state index in [1.165, 1.54) is 0 Å². The summed E-state index contributed by atoms with van der Waals surface area (Å²) in [6.07, 6.45) is 0.618. The molecule has 2 N–H and O–H groups in total. The summed E-state index contributed by atoms with van der Waals surface area (Å²) in [4.78, 5) is 0. The lowest BCUT2D eigenvalue weighted by Gasteiger charge is -2.01. The van der Waals surface area contributed by atoms with E-state index in [0.717, 1.165) is 0 Å². The summed E-state index contributed by atoms with van der Waals surface area (Å²) < 4.78 is 4.86. The van der Waals surface area contributed by atoms with Gasteiger partial charge >= 0.3 is 0 Å². The third-order valence-electron chi connectivity index (χ3n) is 0.756. The number of hydrogen-bond acceptors (Lipinski definition) is 3.